The fourth-order valence-corrected chi connectivity index (χ4v) is 4.60. The van der Waals surface area contributed by atoms with Gasteiger partial charge < -0.3 is 4.74 Å². The number of alkyl halides is 3. The Bertz CT molecular complexity index is 1090. The quantitative estimate of drug-likeness (QED) is 0.542. The Kier molecular flexibility index (Phi) is 5.98. The lowest BCUT2D eigenvalue weighted by Crippen LogP contribution is -2.44. The monoisotopic (exact) mass is 460 g/mol. The van der Waals surface area contributed by atoms with Crippen molar-refractivity contribution in [3.8, 4) is 5.75 Å². The Hall–Kier alpha value is -2.41. The summed E-state index contributed by atoms with van der Waals surface area (Å²) in [6.45, 7) is 0. The molecule has 1 N–H and O–H groups in total. The Labute approximate surface area is 173 Å². The molecule has 0 saturated carbocycles. The molecule has 0 unspecified atom stereocenters. The summed E-state index contributed by atoms with van der Waals surface area (Å²) in [5, 5.41) is 0.699. The molecular formula is C17H11F3N2O4S3. The maximum atomic E-state index is 12.6. The number of carbonyl (C=O) groups excluding carboxylic acids is 1. The Balaban J connectivity index is 1.81. The number of amides is 1. The van der Waals surface area contributed by atoms with Gasteiger partial charge in [-0.2, -0.15) is 0 Å². The molecule has 1 aliphatic rings. The van der Waals surface area contributed by atoms with E-state index in [1.165, 1.54) is 42.5 Å². The largest absolute Gasteiger partial charge is 0.573 e. The predicted molar refractivity (Wildman–Crippen MR) is 105 cm³/mol. The SMILES string of the molecule is O=C1/C(=C\c2cccc(OC(F)(F)F)c2)SC(=S)N1NS(=O)(=O)c1ccccc1. The molecule has 0 aromatic heterocycles. The topological polar surface area (TPSA) is 75.7 Å². The van der Waals surface area contributed by atoms with Crippen molar-refractivity contribution in [2.45, 2.75) is 11.3 Å². The summed E-state index contributed by atoms with van der Waals surface area (Å²) in [5.74, 6) is -1.20. The number of rotatable bonds is 5. The highest BCUT2D eigenvalue weighted by atomic mass is 32.2. The minimum Gasteiger partial charge on any atom is -0.406 e. The molecule has 12 heteroatoms. The van der Waals surface area contributed by atoms with E-state index in [-0.39, 0.29) is 19.7 Å². The molecule has 2 aromatic rings. The molecule has 0 aliphatic carbocycles. The lowest BCUT2D eigenvalue weighted by molar-refractivity contribution is -0.274. The zero-order chi connectivity index (χ0) is 21.2. The molecule has 1 amide bonds. The first-order chi connectivity index (χ1) is 13.5. The number of halogens is 3. The van der Waals surface area contributed by atoms with Crippen LogP contribution in [0.1, 0.15) is 5.56 Å². The van der Waals surface area contributed by atoms with Crippen molar-refractivity contribution in [1.82, 2.24) is 9.84 Å². The molecular weight excluding hydrogens is 449 g/mol. The number of thiocarbonyl (C=S) groups is 1. The lowest BCUT2D eigenvalue weighted by Gasteiger charge is -2.15. The van der Waals surface area contributed by atoms with Crippen LogP contribution in [-0.2, 0) is 14.8 Å². The predicted octanol–water partition coefficient (Wildman–Crippen LogP) is 3.68. The summed E-state index contributed by atoms with van der Waals surface area (Å²) in [6.07, 6.45) is -3.56. The van der Waals surface area contributed by atoms with Crippen molar-refractivity contribution in [2.75, 3.05) is 0 Å². The minimum atomic E-state index is -4.85. The number of thioether (sulfide) groups is 1. The average molecular weight is 460 g/mol. The Morgan fingerprint density at radius 1 is 1.10 bits per heavy atom. The van der Waals surface area contributed by atoms with Crippen LogP contribution in [0, 0.1) is 0 Å². The van der Waals surface area contributed by atoms with Gasteiger partial charge in [0, 0.05) is 0 Å². The van der Waals surface area contributed by atoms with Gasteiger partial charge in [-0.15, -0.1) is 18.0 Å². The van der Waals surface area contributed by atoms with Crippen LogP contribution in [0.5, 0.6) is 5.75 Å². The summed E-state index contributed by atoms with van der Waals surface area (Å²) in [4.78, 5) is 14.6. The maximum absolute atomic E-state index is 12.6. The van der Waals surface area contributed by atoms with Crippen LogP contribution in [0.15, 0.2) is 64.4 Å². The summed E-state index contributed by atoms with van der Waals surface area (Å²) in [6, 6.07) is 12.4. The zero-order valence-corrected chi connectivity index (χ0v) is 16.7. The van der Waals surface area contributed by atoms with Crippen LogP contribution in [0.3, 0.4) is 0 Å². The number of nitrogens with one attached hydrogen (secondary N) is 1. The Morgan fingerprint density at radius 3 is 2.45 bits per heavy atom. The normalized spacial score (nSPS) is 16.5. The van der Waals surface area contributed by atoms with Gasteiger partial charge in [-0.3, -0.25) is 4.79 Å². The molecule has 0 bridgehead atoms. The van der Waals surface area contributed by atoms with Crippen molar-refractivity contribution >= 4 is 50.3 Å². The third-order valence-electron chi connectivity index (χ3n) is 3.45. The first kappa shape index (κ1) is 21.3. The van der Waals surface area contributed by atoms with Gasteiger partial charge >= 0.3 is 6.36 Å². The first-order valence-electron chi connectivity index (χ1n) is 7.76. The van der Waals surface area contributed by atoms with E-state index in [1.54, 1.807) is 6.07 Å². The van der Waals surface area contributed by atoms with Gasteiger partial charge in [0.05, 0.1) is 9.80 Å². The van der Waals surface area contributed by atoms with Gasteiger partial charge in [0.15, 0.2) is 4.32 Å². The van der Waals surface area contributed by atoms with Crippen LogP contribution in [0.25, 0.3) is 6.08 Å². The number of hydrogen-bond acceptors (Lipinski definition) is 6. The standard InChI is InChI=1S/C17H11F3N2O4S3/c18-17(19,20)26-12-6-4-5-11(9-12)10-14-15(23)22(16(27)28-14)21-29(24,25)13-7-2-1-3-8-13/h1-10,21H/b14-10+. The first-order valence-corrected chi connectivity index (χ1v) is 10.5. The molecule has 1 aliphatic heterocycles. The van der Waals surface area contributed by atoms with Crippen LogP contribution in [0.2, 0.25) is 0 Å². The fraction of sp³-hybridized carbons (Fsp3) is 0.0588. The maximum Gasteiger partial charge on any atom is 0.573 e. The van der Waals surface area contributed by atoms with Crippen molar-refractivity contribution in [3.05, 3.63) is 65.1 Å². The molecule has 1 fully saturated rings. The van der Waals surface area contributed by atoms with E-state index in [1.807, 2.05) is 0 Å². The second-order valence-electron chi connectivity index (χ2n) is 5.55. The number of benzene rings is 2. The van der Waals surface area contributed by atoms with Crippen molar-refractivity contribution in [3.63, 3.8) is 0 Å². The summed E-state index contributed by atoms with van der Waals surface area (Å²) < 4.78 is 65.7. The highest BCUT2D eigenvalue weighted by Crippen LogP contribution is 2.33. The smallest absolute Gasteiger partial charge is 0.406 e. The summed E-state index contributed by atoms with van der Waals surface area (Å²) >= 11 is 5.86. The summed E-state index contributed by atoms with van der Waals surface area (Å²) in [7, 11) is -4.05. The molecule has 1 heterocycles. The number of hydrazine groups is 1. The van der Waals surface area contributed by atoms with Gasteiger partial charge in [-0.05, 0) is 35.9 Å². The molecule has 29 heavy (non-hydrogen) atoms. The minimum absolute atomic E-state index is 0.0370. The molecule has 0 radical (unpaired) electrons. The molecule has 6 nitrogen and oxygen atoms in total. The van der Waals surface area contributed by atoms with E-state index in [0.717, 1.165) is 23.9 Å². The van der Waals surface area contributed by atoms with E-state index >= 15 is 0 Å². The van der Waals surface area contributed by atoms with Crippen LogP contribution in [-0.4, -0.2) is 30.0 Å². The number of hydrogen-bond donors (Lipinski definition) is 1. The number of nitrogens with zero attached hydrogens (tertiary/aromatic N) is 1. The van der Waals surface area contributed by atoms with Gasteiger partial charge in [0.2, 0.25) is 0 Å². The van der Waals surface area contributed by atoms with E-state index < -0.39 is 28.0 Å². The highest BCUT2D eigenvalue weighted by molar-refractivity contribution is 8.26. The number of carbonyl (C=O) groups is 1. The number of sulfonamides is 1. The highest BCUT2D eigenvalue weighted by Gasteiger charge is 2.35. The molecule has 1 saturated heterocycles. The molecule has 0 spiro atoms. The van der Waals surface area contributed by atoms with Crippen molar-refractivity contribution in [2.24, 2.45) is 0 Å². The van der Waals surface area contributed by atoms with Crippen LogP contribution < -0.4 is 9.57 Å². The third kappa shape index (κ3) is 5.35. The van der Waals surface area contributed by atoms with Gasteiger partial charge in [0.1, 0.15) is 5.75 Å². The molecule has 0 atom stereocenters. The Morgan fingerprint density at radius 2 is 1.79 bits per heavy atom. The number of ether oxygens (including phenoxy) is 1. The molecule has 2 aromatic carbocycles. The lowest BCUT2D eigenvalue weighted by atomic mass is 10.2. The molecule has 152 valence electrons. The fourth-order valence-electron chi connectivity index (χ4n) is 2.27. The van der Waals surface area contributed by atoms with E-state index in [2.05, 4.69) is 9.57 Å². The third-order valence-corrected chi connectivity index (χ3v) is 6.07. The average Bonchev–Trinajstić information content (AvgIpc) is 2.88. The van der Waals surface area contributed by atoms with Crippen molar-refractivity contribution in [1.29, 1.82) is 0 Å². The van der Waals surface area contributed by atoms with E-state index in [9.17, 15) is 26.4 Å². The van der Waals surface area contributed by atoms with E-state index in [4.69, 9.17) is 12.2 Å². The van der Waals surface area contributed by atoms with Crippen LogP contribution in [0.4, 0.5) is 13.2 Å². The zero-order valence-electron chi connectivity index (χ0n) is 14.2. The summed E-state index contributed by atoms with van der Waals surface area (Å²) in [5.41, 5.74) is 0.248. The van der Waals surface area contributed by atoms with E-state index in [0.29, 0.717) is 5.01 Å². The second-order valence-corrected chi connectivity index (χ2v) is 8.88. The second kappa shape index (κ2) is 8.14. The van der Waals surface area contributed by atoms with Crippen molar-refractivity contribution < 1.29 is 31.1 Å². The molecule has 3 rings (SSSR count). The van der Waals surface area contributed by atoms with Gasteiger partial charge in [-0.25, -0.2) is 13.4 Å². The van der Waals surface area contributed by atoms with Gasteiger partial charge in [0.25, 0.3) is 15.9 Å². The van der Waals surface area contributed by atoms with Crippen LogP contribution >= 0.6 is 24.0 Å². The van der Waals surface area contributed by atoms with Gasteiger partial charge in [-0.1, -0.05) is 54.3 Å².